The summed E-state index contributed by atoms with van der Waals surface area (Å²) in [5.74, 6) is -6.17. The Balaban J connectivity index is 1.47. The van der Waals surface area contributed by atoms with Crippen LogP contribution in [0.3, 0.4) is 0 Å². The van der Waals surface area contributed by atoms with Crippen LogP contribution in [0, 0.1) is 23.1 Å². The standard InChI is InChI=1S/C31H27F8N3O2/c1-16-14-30(35,36)27(20-8-4-18(5-9-20)17-2-6-19(7-3-17)26(43)28(33)34)42-25(16)29(44)41-23(15-40)12-21-10-11-22(13-24(21)32)31(37,38)39/h2-11,13,16,23,25-28,42-43H,12,14H2,1H3,(H,41,44)/t16?,23-,25-,26+,27-/m0/s1. The second kappa shape index (κ2) is 12.9. The fourth-order valence-corrected chi connectivity index (χ4v) is 5.19. The van der Waals surface area contributed by atoms with Crippen LogP contribution in [0.2, 0.25) is 0 Å². The van der Waals surface area contributed by atoms with Crippen molar-refractivity contribution in [2.24, 2.45) is 5.92 Å². The van der Waals surface area contributed by atoms with E-state index < -0.39 is 78.8 Å². The maximum Gasteiger partial charge on any atom is 0.416 e. The lowest BCUT2D eigenvalue weighted by Crippen LogP contribution is -2.59. The van der Waals surface area contributed by atoms with Crippen molar-refractivity contribution in [3.8, 4) is 17.2 Å². The number of amides is 1. The first kappa shape index (κ1) is 32.9. The number of carbonyl (C=O) groups is 1. The largest absolute Gasteiger partial charge is 0.416 e. The lowest BCUT2D eigenvalue weighted by molar-refractivity contribution is -0.138. The van der Waals surface area contributed by atoms with E-state index in [2.05, 4.69) is 10.6 Å². The number of alkyl halides is 7. The van der Waals surface area contributed by atoms with Gasteiger partial charge >= 0.3 is 6.18 Å². The van der Waals surface area contributed by atoms with Crippen LogP contribution < -0.4 is 10.6 Å². The summed E-state index contributed by atoms with van der Waals surface area (Å²) in [6, 6.07) is 11.1. The Morgan fingerprint density at radius 2 is 1.66 bits per heavy atom. The molecule has 1 amide bonds. The van der Waals surface area contributed by atoms with E-state index >= 15 is 8.78 Å². The minimum absolute atomic E-state index is 0.0213. The van der Waals surface area contributed by atoms with Gasteiger partial charge < -0.3 is 10.4 Å². The first-order valence-corrected chi connectivity index (χ1v) is 13.5. The second-order valence-corrected chi connectivity index (χ2v) is 10.7. The van der Waals surface area contributed by atoms with E-state index in [1.54, 1.807) is 18.2 Å². The summed E-state index contributed by atoms with van der Waals surface area (Å²) < 4.78 is 109. The van der Waals surface area contributed by atoms with Gasteiger partial charge in [-0.2, -0.15) is 18.4 Å². The Labute approximate surface area is 247 Å². The molecule has 0 saturated carbocycles. The molecule has 1 saturated heterocycles. The van der Waals surface area contributed by atoms with E-state index in [0.29, 0.717) is 23.3 Å². The molecule has 5 nitrogen and oxygen atoms in total. The smallest absolute Gasteiger partial charge is 0.382 e. The molecule has 5 atom stereocenters. The van der Waals surface area contributed by atoms with E-state index in [4.69, 9.17) is 0 Å². The van der Waals surface area contributed by atoms with Crippen molar-refractivity contribution < 1.29 is 45.0 Å². The summed E-state index contributed by atoms with van der Waals surface area (Å²) in [6.07, 6.45) is -10.8. The molecule has 3 aromatic carbocycles. The van der Waals surface area contributed by atoms with Gasteiger partial charge in [-0.05, 0) is 45.9 Å². The molecule has 0 spiro atoms. The van der Waals surface area contributed by atoms with E-state index in [1.807, 2.05) is 0 Å². The van der Waals surface area contributed by atoms with Crippen LogP contribution >= 0.6 is 0 Å². The zero-order valence-corrected chi connectivity index (χ0v) is 23.1. The van der Waals surface area contributed by atoms with Gasteiger partial charge in [-0.25, -0.2) is 22.0 Å². The zero-order chi connectivity index (χ0) is 32.4. The molecule has 0 aliphatic carbocycles. The Morgan fingerprint density at radius 1 is 1.07 bits per heavy atom. The van der Waals surface area contributed by atoms with Crippen LogP contribution in [0.4, 0.5) is 35.1 Å². The molecule has 1 aliphatic heterocycles. The molecule has 13 heteroatoms. The predicted octanol–water partition coefficient (Wildman–Crippen LogP) is 6.74. The fraction of sp³-hybridized carbons (Fsp3) is 0.355. The minimum Gasteiger partial charge on any atom is -0.382 e. The van der Waals surface area contributed by atoms with Crippen LogP contribution in [0.15, 0.2) is 66.7 Å². The zero-order valence-electron chi connectivity index (χ0n) is 23.1. The molecule has 3 aromatic rings. The Bertz CT molecular complexity index is 1500. The molecule has 1 unspecified atom stereocenters. The molecule has 4 rings (SSSR count). The van der Waals surface area contributed by atoms with Crippen LogP contribution in [-0.2, 0) is 17.4 Å². The van der Waals surface area contributed by atoms with E-state index in [0.717, 1.165) is 6.07 Å². The summed E-state index contributed by atoms with van der Waals surface area (Å²) in [4.78, 5) is 13.1. The van der Waals surface area contributed by atoms with Crippen LogP contribution in [0.1, 0.15) is 47.7 Å². The Morgan fingerprint density at radius 3 is 2.18 bits per heavy atom. The van der Waals surface area contributed by atoms with Crippen molar-refractivity contribution in [3.63, 3.8) is 0 Å². The number of rotatable bonds is 8. The van der Waals surface area contributed by atoms with Gasteiger partial charge in [0, 0.05) is 12.8 Å². The summed E-state index contributed by atoms with van der Waals surface area (Å²) >= 11 is 0. The van der Waals surface area contributed by atoms with E-state index in [-0.39, 0.29) is 16.7 Å². The average Bonchev–Trinajstić information content (AvgIpc) is 2.96. The number of carbonyl (C=O) groups excluding carboxylic acids is 1. The highest BCUT2D eigenvalue weighted by Gasteiger charge is 2.50. The number of aliphatic hydroxyl groups is 1. The normalized spacial score (nSPS) is 21.4. The molecule has 0 aromatic heterocycles. The Hall–Kier alpha value is -4.02. The van der Waals surface area contributed by atoms with Gasteiger partial charge in [0.15, 0.2) is 0 Å². The summed E-state index contributed by atoms with van der Waals surface area (Å²) in [7, 11) is 0. The Kier molecular flexibility index (Phi) is 9.65. The molecule has 0 radical (unpaired) electrons. The number of benzene rings is 3. The lowest BCUT2D eigenvalue weighted by Gasteiger charge is -2.41. The monoisotopic (exact) mass is 625 g/mol. The third kappa shape index (κ3) is 7.36. The molecular formula is C31H27F8N3O2. The molecule has 1 fully saturated rings. The molecule has 44 heavy (non-hydrogen) atoms. The van der Waals surface area contributed by atoms with Crippen molar-refractivity contribution in [1.82, 2.24) is 10.6 Å². The highest BCUT2D eigenvalue weighted by atomic mass is 19.4. The minimum atomic E-state index is -4.77. The highest BCUT2D eigenvalue weighted by molar-refractivity contribution is 5.83. The van der Waals surface area contributed by atoms with Crippen molar-refractivity contribution in [3.05, 3.63) is 94.8 Å². The third-order valence-electron chi connectivity index (χ3n) is 7.56. The molecule has 1 heterocycles. The number of hydrogen-bond acceptors (Lipinski definition) is 4. The summed E-state index contributed by atoms with van der Waals surface area (Å²) in [6.45, 7) is 1.43. The molecule has 3 N–H and O–H groups in total. The van der Waals surface area contributed by atoms with E-state index in [1.165, 1.54) is 43.3 Å². The van der Waals surface area contributed by atoms with Gasteiger partial charge in [0.1, 0.15) is 18.0 Å². The number of nitrogens with one attached hydrogen (secondary N) is 2. The number of halogens is 8. The van der Waals surface area contributed by atoms with Crippen molar-refractivity contribution in [2.45, 2.75) is 62.5 Å². The van der Waals surface area contributed by atoms with E-state index in [9.17, 15) is 41.5 Å². The molecular weight excluding hydrogens is 598 g/mol. The predicted molar refractivity (Wildman–Crippen MR) is 144 cm³/mol. The number of piperidine rings is 1. The SMILES string of the molecule is CC1CC(F)(F)[C@H](c2ccc(-c3ccc([C@@H](O)C(F)F)cc3)cc2)N[C@@H]1C(=O)N[C@H](C#N)Cc1ccc(C(F)(F)F)cc1F. The summed E-state index contributed by atoms with van der Waals surface area (Å²) in [5, 5.41) is 24.1. The fourth-order valence-electron chi connectivity index (χ4n) is 5.19. The van der Waals surface area contributed by atoms with Gasteiger partial charge in [0.05, 0.1) is 23.7 Å². The number of nitrogens with zero attached hydrogens (tertiary/aromatic N) is 1. The first-order valence-electron chi connectivity index (χ1n) is 13.5. The molecule has 0 bridgehead atoms. The van der Waals surface area contributed by atoms with Gasteiger partial charge in [0.25, 0.3) is 12.3 Å². The lowest BCUT2D eigenvalue weighted by atomic mass is 9.82. The van der Waals surface area contributed by atoms with Crippen LogP contribution in [0.25, 0.3) is 11.1 Å². The quantitative estimate of drug-likeness (QED) is 0.242. The first-order chi connectivity index (χ1) is 20.6. The summed E-state index contributed by atoms with van der Waals surface area (Å²) in [5.41, 5.74) is -0.105. The van der Waals surface area contributed by atoms with Gasteiger partial charge in [-0.15, -0.1) is 0 Å². The van der Waals surface area contributed by atoms with Crippen LogP contribution in [-0.4, -0.2) is 35.4 Å². The third-order valence-corrected chi connectivity index (χ3v) is 7.56. The maximum atomic E-state index is 15.2. The van der Waals surface area contributed by atoms with Crippen LogP contribution in [0.5, 0.6) is 0 Å². The highest BCUT2D eigenvalue weighted by Crippen LogP contribution is 2.42. The van der Waals surface area contributed by atoms with Gasteiger partial charge in [-0.3, -0.25) is 10.1 Å². The molecule has 1 aliphatic rings. The second-order valence-electron chi connectivity index (χ2n) is 10.7. The molecule has 234 valence electrons. The van der Waals surface area contributed by atoms with Crippen molar-refractivity contribution in [1.29, 1.82) is 5.26 Å². The average molecular weight is 626 g/mol. The van der Waals surface area contributed by atoms with Gasteiger partial charge in [0.2, 0.25) is 5.91 Å². The number of hydrogen-bond donors (Lipinski definition) is 3. The number of aliphatic hydroxyl groups excluding tert-OH is 1. The number of nitriles is 1. The maximum absolute atomic E-state index is 15.2. The topological polar surface area (TPSA) is 85.2 Å². The van der Waals surface area contributed by atoms with Crippen molar-refractivity contribution >= 4 is 5.91 Å². The van der Waals surface area contributed by atoms with Gasteiger partial charge in [-0.1, -0.05) is 61.5 Å². The van der Waals surface area contributed by atoms with Crippen molar-refractivity contribution in [2.75, 3.05) is 0 Å².